The lowest BCUT2D eigenvalue weighted by Gasteiger charge is -2.08. The number of nitrogens with one attached hydrogen (secondary N) is 1. The first-order chi connectivity index (χ1) is 11.9. The second kappa shape index (κ2) is 10.9. The number of phenols is 1. The molecular formula is C18H19NO5S. The van der Waals surface area contributed by atoms with Crippen LogP contribution in [0.2, 0.25) is 0 Å². The molecule has 0 aliphatic carbocycles. The predicted octanol–water partition coefficient (Wildman–Crippen LogP) is 2.97. The standard InChI is InChI=1S/C14H15NOS.C4H4O4/c1-15-10-11-5-2-3-8-14(11)17-13-7-4-6-12(16)9-13;5-3(6)1-2-4(7)8/h2-9,15-16H,10H2,1H3;1-2H,(H,5,6)(H,7,8)/b;2-1+. The highest BCUT2D eigenvalue weighted by Gasteiger charge is 2.03. The summed E-state index contributed by atoms with van der Waals surface area (Å²) in [6.45, 7) is 0.849. The van der Waals surface area contributed by atoms with Gasteiger partial charge in [-0.1, -0.05) is 36.0 Å². The number of carboxylic acids is 2. The normalized spacial score (nSPS) is 10.1. The Kier molecular flexibility index (Phi) is 8.84. The molecule has 0 atom stereocenters. The number of carbonyl (C=O) groups is 2. The summed E-state index contributed by atoms with van der Waals surface area (Å²) in [4.78, 5) is 21.4. The zero-order chi connectivity index (χ0) is 18.7. The van der Waals surface area contributed by atoms with Gasteiger partial charge in [-0.2, -0.15) is 0 Å². The van der Waals surface area contributed by atoms with Gasteiger partial charge in [0.25, 0.3) is 0 Å². The predicted molar refractivity (Wildman–Crippen MR) is 95.8 cm³/mol. The minimum absolute atomic E-state index is 0.307. The molecule has 0 amide bonds. The van der Waals surface area contributed by atoms with E-state index in [1.807, 2.05) is 31.3 Å². The van der Waals surface area contributed by atoms with Gasteiger partial charge >= 0.3 is 11.9 Å². The SMILES string of the molecule is CNCc1ccccc1Sc1cccc(O)c1.O=C(O)/C=C/C(=O)O. The lowest BCUT2D eigenvalue weighted by molar-refractivity contribution is -0.134. The number of phenolic OH excluding ortho intramolecular Hbond substituents is 1. The van der Waals surface area contributed by atoms with Crippen LogP contribution in [0.3, 0.4) is 0 Å². The monoisotopic (exact) mass is 361 g/mol. The first-order valence-electron chi connectivity index (χ1n) is 7.25. The lowest BCUT2D eigenvalue weighted by atomic mass is 10.2. The van der Waals surface area contributed by atoms with E-state index < -0.39 is 11.9 Å². The average Bonchev–Trinajstić information content (AvgIpc) is 2.56. The molecule has 0 spiro atoms. The van der Waals surface area contributed by atoms with Crippen molar-refractivity contribution in [3.63, 3.8) is 0 Å². The lowest BCUT2D eigenvalue weighted by Crippen LogP contribution is -2.05. The van der Waals surface area contributed by atoms with Crippen LogP contribution in [0.5, 0.6) is 5.75 Å². The summed E-state index contributed by atoms with van der Waals surface area (Å²) in [5, 5.41) is 28.2. The van der Waals surface area contributed by atoms with Crippen molar-refractivity contribution in [1.29, 1.82) is 0 Å². The molecule has 2 rings (SSSR count). The van der Waals surface area contributed by atoms with Crippen LogP contribution in [0.4, 0.5) is 0 Å². The van der Waals surface area contributed by atoms with Crippen LogP contribution in [0.1, 0.15) is 5.56 Å². The van der Waals surface area contributed by atoms with E-state index in [9.17, 15) is 14.7 Å². The molecule has 4 N–H and O–H groups in total. The van der Waals surface area contributed by atoms with Crippen molar-refractivity contribution in [2.24, 2.45) is 0 Å². The van der Waals surface area contributed by atoms with Crippen LogP contribution in [0, 0.1) is 0 Å². The molecule has 0 heterocycles. The van der Waals surface area contributed by atoms with Crippen molar-refractivity contribution in [1.82, 2.24) is 5.32 Å². The van der Waals surface area contributed by atoms with Crippen molar-refractivity contribution in [2.45, 2.75) is 16.3 Å². The molecule has 0 aliphatic heterocycles. The zero-order valence-corrected chi connectivity index (χ0v) is 14.4. The minimum Gasteiger partial charge on any atom is -0.508 e. The molecule has 132 valence electrons. The van der Waals surface area contributed by atoms with E-state index in [1.165, 1.54) is 10.5 Å². The highest BCUT2D eigenvalue weighted by atomic mass is 32.2. The number of hydrogen-bond acceptors (Lipinski definition) is 5. The molecule has 0 radical (unpaired) electrons. The molecule has 2 aromatic carbocycles. The van der Waals surface area contributed by atoms with E-state index in [-0.39, 0.29) is 0 Å². The third-order valence-corrected chi connectivity index (χ3v) is 3.86. The van der Waals surface area contributed by atoms with Crippen LogP contribution in [0.15, 0.2) is 70.5 Å². The van der Waals surface area contributed by atoms with Crippen molar-refractivity contribution >= 4 is 23.7 Å². The van der Waals surface area contributed by atoms with Gasteiger partial charge in [0.1, 0.15) is 5.75 Å². The maximum atomic E-state index is 9.55. The van der Waals surface area contributed by atoms with Crippen LogP contribution >= 0.6 is 11.8 Å². The van der Waals surface area contributed by atoms with Gasteiger partial charge in [0.05, 0.1) is 0 Å². The third-order valence-electron chi connectivity index (χ3n) is 2.75. The van der Waals surface area contributed by atoms with E-state index in [1.54, 1.807) is 23.9 Å². The molecule has 2 aromatic rings. The molecule has 0 aromatic heterocycles. The fourth-order valence-corrected chi connectivity index (χ4v) is 2.75. The first-order valence-corrected chi connectivity index (χ1v) is 8.07. The van der Waals surface area contributed by atoms with Crippen molar-refractivity contribution in [3.05, 3.63) is 66.2 Å². The summed E-state index contributed by atoms with van der Waals surface area (Å²) in [7, 11) is 1.94. The molecule has 0 aliphatic rings. The van der Waals surface area contributed by atoms with Crippen LogP contribution in [-0.4, -0.2) is 34.3 Å². The molecular weight excluding hydrogens is 342 g/mol. The Morgan fingerprint density at radius 3 is 2.24 bits per heavy atom. The third kappa shape index (κ3) is 8.59. The Morgan fingerprint density at radius 2 is 1.68 bits per heavy atom. The Bertz CT molecular complexity index is 730. The summed E-state index contributed by atoms with van der Waals surface area (Å²) in [5.41, 5.74) is 1.27. The highest BCUT2D eigenvalue weighted by Crippen LogP contribution is 2.31. The fourth-order valence-electron chi connectivity index (χ4n) is 1.76. The first kappa shape index (κ1) is 20.3. The topological polar surface area (TPSA) is 107 Å². The highest BCUT2D eigenvalue weighted by molar-refractivity contribution is 7.99. The summed E-state index contributed by atoms with van der Waals surface area (Å²) in [6.07, 6.45) is 1.12. The van der Waals surface area contributed by atoms with Gasteiger partial charge in [-0.3, -0.25) is 0 Å². The van der Waals surface area contributed by atoms with Crippen LogP contribution in [0.25, 0.3) is 0 Å². The fraction of sp³-hybridized carbons (Fsp3) is 0.111. The summed E-state index contributed by atoms with van der Waals surface area (Å²) < 4.78 is 0. The maximum absolute atomic E-state index is 9.55. The Balaban J connectivity index is 0.000000333. The van der Waals surface area contributed by atoms with Crippen LogP contribution in [-0.2, 0) is 16.1 Å². The van der Waals surface area contributed by atoms with Gasteiger partial charge in [0.2, 0.25) is 0 Å². The van der Waals surface area contributed by atoms with E-state index in [0.717, 1.165) is 11.4 Å². The second-order valence-corrected chi connectivity index (χ2v) is 5.86. The number of benzene rings is 2. The number of aromatic hydroxyl groups is 1. The molecule has 0 unspecified atom stereocenters. The average molecular weight is 361 g/mol. The van der Waals surface area contributed by atoms with Crippen molar-refractivity contribution in [2.75, 3.05) is 7.05 Å². The smallest absolute Gasteiger partial charge is 0.328 e. The van der Waals surface area contributed by atoms with Gasteiger partial charge in [0.15, 0.2) is 0 Å². The minimum atomic E-state index is -1.26. The zero-order valence-electron chi connectivity index (χ0n) is 13.5. The molecule has 0 bridgehead atoms. The molecule has 0 saturated carbocycles. The molecule has 0 saturated heterocycles. The van der Waals surface area contributed by atoms with E-state index in [2.05, 4.69) is 17.4 Å². The van der Waals surface area contributed by atoms with Gasteiger partial charge in [-0.05, 0) is 36.9 Å². The molecule has 25 heavy (non-hydrogen) atoms. The largest absolute Gasteiger partial charge is 0.508 e. The number of carboxylic acid groups (broad SMARTS) is 2. The van der Waals surface area contributed by atoms with E-state index >= 15 is 0 Å². The molecule has 0 fully saturated rings. The number of rotatable bonds is 6. The molecule has 7 heteroatoms. The number of hydrogen-bond donors (Lipinski definition) is 4. The molecule has 6 nitrogen and oxygen atoms in total. The van der Waals surface area contributed by atoms with E-state index in [4.69, 9.17) is 10.2 Å². The number of aliphatic carboxylic acids is 2. The maximum Gasteiger partial charge on any atom is 0.328 e. The summed E-state index contributed by atoms with van der Waals surface area (Å²) in [6, 6.07) is 15.6. The van der Waals surface area contributed by atoms with Gasteiger partial charge in [0, 0.05) is 28.5 Å². The summed E-state index contributed by atoms with van der Waals surface area (Å²) in [5.74, 6) is -2.21. The van der Waals surface area contributed by atoms with Gasteiger partial charge < -0.3 is 20.6 Å². The van der Waals surface area contributed by atoms with Crippen molar-refractivity contribution in [3.8, 4) is 5.75 Å². The Labute approximate surface area is 149 Å². The quantitative estimate of drug-likeness (QED) is 0.586. The summed E-state index contributed by atoms with van der Waals surface area (Å²) >= 11 is 1.67. The Hall–Kier alpha value is -2.77. The van der Waals surface area contributed by atoms with Crippen LogP contribution < -0.4 is 5.32 Å². The van der Waals surface area contributed by atoms with Gasteiger partial charge in [-0.15, -0.1) is 0 Å². The van der Waals surface area contributed by atoms with Gasteiger partial charge in [-0.25, -0.2) is 9.59 Å². The second-order valence-electron chi connectivity index (χ2n) is 4.75. The van der Waals surface area contributed by atoms with Crippen molar-refractivity contribution < 1.29 is 24.9 Å². The Morgan fingerprint density at radius 1 is 1.04 bits per heavy atom. The van der Waals surface area contributed by atoms with E-state index in [0.29, 0.717) is 17.9 Å².